The van der Waals surface area contributed by atoms with Crippen LogP contribution in [0.2, 0.25) is 0 Å². The average molecular weight is 287 g/mol. The van der Waals surface area contributed by atoms with Crippen molar-refractivity contribution in [2.24, 2.45) is 0 Å². The molecule has 1 atom stereocenters. The Kier molecular flexibility index (Phi) is 4.20. The van der Waals surface area contributed by atoms with E-state index in [9.17, 15) is 9.59 Å². The van der Waals surface area contributed by atoms with E-state index in [0.717, 1.165) is 50.1 Å². The second-order valence-corrected chi connectivity index (χ2v) is 5.69. The minimum absolute atomic E-state index is 0.0135. The van der Waals surface area contributed by atoms with E-state index in [4.69, 9.17) is 0 Å². The van der Waals surface area contributed by atoms with Gasteiger partial charge in [-0.15, -0.1) is 0 Å². The van der Waals surface area contributed by atoms with Crippen molar-refractivity contribution in [1.29, 1.82) is 0 Å². The van der Waals surface area contributed by atoms with Gasteiger partial charge in [0.05, 0.1) is 6.04 Å². The topological polar surface area (TPSA) is 61.4 Å². The lowest BCUT2D eigenvalue weighted by molar-refractivity contribution is -0.118. The molecule has 2 N–H and O–H groups in total. The molecular formula is C16H21N3O2. The largest absolute Gasteiger partial charge is 0.325 e. The number of anilines is 2. The molecule has 5 heteroatoms. The van der Waals surface area contributed by atoms with Crippen LogP contribution in [-0.2, 0) is 9.59 Å². The first-order chi connectivity index (χ1) is 10.2. The summed E-state index contributed by atoms with van der Waals surface area (Å²) < 4.78 is 0. The van der Waals surface area contributed by atoms with E-state index < -0.39 is 0 Å². The molecule has 1 aromatic carbocycles. The maximum absolute atomic E-state index is 12.2. The fraction of sp³-hybridized carbons (Fsp3) is 0.500. The maximum atomic E-state index is 12.2. The van der Waals surface area contributed by atoms with Gasteiger partial charge in [0.15, 0.2) is 0 Å². The average Bonchev–Trinajstić information content (AvgIpc) is 2.94. The molecule has 1 aromatic rings. The van der Waals surface area contributed by atoms with Crippen molar-refractivity contribution in [3.63, 3.8) is 0 Å². The fourth-order valence-electron chi connectivity index (χ4n) is 2.98. The predicted molar refractivity (Wildman–Crippen MR) is 82.3 cm³/mol. The molecule has 1 unspecified atom stereocenters. The van der Waals surface area contributed by atoms with Crippen molar-refractivity contribution in [3.05, 3.63) is 24.3 Å². The first-order valence-electron chi connectivity index (χ1n) is 7.69. The number of rotatable bonds is 3. The third-order valence-corrected chi connectivity index (χ3v) is 4.13. The van der Waals surface area contributed by atoms with Crippen LogP contribution in [0.4, 0.5) is 11.4 Å². The van der Waals surface area contributed by atoms with Gasteiger partial charge in [0, 0.05) is 24.3 Å². The normalized spacial score (nSPS) is 22.4. The van der Waals surface area contributed by atoms with Gasteiger partial charge in [-0.25, -0.2) is 0 Å². The van der Waals surface area contributed by atoms with Gasteiger partial charge in [-0.3, -0.25) is 9.59 Å². The summed E-state index contributed by atoms with van der Waals surface area (Å²) in [5, 5.41) is 6.19. The minimum atomic E-state index is -0.101. The van der Waals surface area contributed by atoms with Crippen molar-refractivity contribution >= 4 is 23.2 Å². The highest BCUT2D eigenvalue weighted by Gasteiger charge is 2.23. The molecule has 5 nitrogen and oxygen atoms in total. The Balaban J connectivity index is 1.68. The van der Waals surface area contributed by atoms with E-state index in [-0.39, 0.29) is 17.9 Å². The third-order valence-electron chi connectivity index (χ3n) is 4.13. The van der Waals surface area contributed by atoms with Crippen molar-refractivity contribution < 1.29 is 9.59 Å². The molecule has 0 aromatic heterocycles. The number of benzene rings is 1. The highest BCUT2D eigenvalue weighted by Crippen LogP contribution is 2.24. The van der Waals surface area contributed by atoms with Crippen molar-refractivity contribution in [2.45, 2.75) is 38.1 Å². The highest BCUT2D eigenvalue weighted by atomic mass is 16.2. The highest BCUT2D eigenvalue weighted by molar-refractivity contribution is 5.98. The lowest BCUT2D eigenvalue weighted by Gasteiger charge is -2.23. The van der Waals surface area contributed by atoms with Crippen LogP contribution in [0.5, 0.6) is 0 Å². The van der Waals surface area contributed by atoms with Gasteiger partial charge in [-0.2, -0.15) is 0 Å². The summed E-state index contributed by atoms with van der Waals surface area (Å²) in [6, 6.07) is 7.44. The number of nitrogens with one attached hydrogen (secondary N) is 2. The number of piperidine rings is 1. The molecule has 2 aliphatic heterocycles. The quantitative estimate of drug-likeness (QED) is 0.892. The summed E-state index contributed by atoms with van der Waals surface area (Å²) in [7, 11) is 0. The molecule has 0 bridgehead atoms. The van der Waals surface area contributed by atoms with Crippen LogP contribution in [-0.4, -0.2) is 30.9 Å². The third kappa shape index (κ3) is 3.24. The van der Waals surface area contributed by atoms with Crippen molar-refractivity contribution in [1.82, 2.24) is 5.32 Å². The molecule has 112 valence electrons. The zero-order valence-electron chi connectivity index (χ0n) is 12.1. The second-order valence-electron chi connectivity index (χ2n) is 5.69. The van der Waals surface area contributed by atoms with Gasteiger partial charge in [-0.1, -0.05) is 12.5 Å². The second kappa shape index (κ2) is 6.26. The summed E-state index contributed by atoms with van der Waals surface area (Å²) in [6.07, 6.45) is 4.63. The van der Waals surface area contributed by atoms with Crippen LogP contribution >= 0.6 is 0 Å². The number of nitrogens with zero attached hydrogens (tertiary/aromatic N) is 1. The molecule has 2 fully saturated rings. The Morgan fingerprint density at radius 3 is 2.90 bits per heavy atom. The number of hydrogen-bond acceptors (Lipinski definition) is 3. The van der Waals surface area contributed by atoms with Gasteiger partial charge in [0.2, 0.25) is 11.8 Å². The molecule has 2 aliphatic rings. The van der Waals surface area contributed by atoms with Crippen LogP contribution in [0.25, 0.3) is 0 Å². The number of amides is 2. The van der Waals surface area contributed by atoms with Crippen LogP contribution in [0.1, 0.15) is 32.1 Å². The standard InChI is InChI=1S/C16H21N3O2/c20-15-8-4-10-19(15)13-6-3-5-12(11-13)18-16(21)14-7-1-2-9-17-14/h3,5-6,11,14,17H,1-2,4,7-10H2,(H,18,21). The first kappa shape index (κ1) is 14.1. The predicted octanol–water partition coefficient (Wildman–Crippen LogP) is 1.89. The molecular weight excluding hydrogens is 266 g/mol. The van der Waals surface area contributed by atoms with Gasteiger partial charge in [0.1, 0.15) is 0 Å². The van der Waals surface area contributed by atoms with Crippen LogP contribution in [0.15, 0.2) is 24.3 Å². The molecule has 0 saturated carbocycles. The summed E-state index contributed by atoms with van der Waals surface area (Å²) in [5.41, 5.74) is 1.62. The van der Waals surface area contributed by atoms with Crippen molar-refractivity contribution in [3.8, 4) is 0 Å². The van der Waals surface area contributed by atoms with E-state index in [1.165, 1.54) is 0 Å². The Morgan fingerprint density at radius 2 is 2.19 bits per heavy atom. The van der Waals surface area contributed by atoms with Crippen LogP contribution < -0.4 is 15.5 Å². The summed E-state index contributed by atoms with van der Waals surface area (Å²) >= 11 is 0. The molecule has 3 rings (SSSR count). The molecule has 2 saturated heterocycles. The van der Waals surface area contributed by atoms with Gasteiger partial charge < -0.3 is 15.5 Å². The van der Waals surface area contributed by atoms with E-state index in [1.807, 2.05) is 24.3 Å². The number of hydrogen-bond donors (Lipinski definition) is 2. The van der Waals surface area contributed by atoms with E-state index in [2.05, 4.69) is 10.6 Å². The first-order valence-corrected chi connectivity index (χ1v) is 7.69. The lowest BCUT2D eigenvalue weighted by Crippen LogP contribution is -2.43. The Labute approximate surface area is 124 Å². The van der Waals surface area contributed by atoms with Gasteiger partial charge >= 0.3 is 0 Å². The molecule has 0 spiro atoms. The van der Waals surface area contributed by atoms with E-state index in [1.54, 1.807) is 4.90 Å². The zero-order valence-corrected chi connectivity index (χ0v) is 12.1. The summed E-state index contributed by atoms with van der Waals surface area (Å²) in [5.74, 6) is 0.173. The summed E-state index contributed by atoms with van der Waals surface area (Å²) in [4.78, 5) is 25.8. The van der Waals surface area contributed by atoms with Crippen LogP contribution in [0.3, 0.4) is 0 Å². The fourth-order valence-corrected chi connectivity index (χ4v) is 2.98. The van der Waals surface area contributed by atoms with E-state index >= 15 is 0 Å². The zero-order chi connectivity index (χ0) is 14.7. The minimum Gasteiger partial charge on any atom is -0.325 e. The molecule has 2 heterocycles. The lowest BCUT2D eigenvalue weighted by atomic mass is 10.0. The molecule has 2 amide bonds. The summed E-state index contributed by atoms with van der Waals surface area (Å²) in [6.45, 7) is 1.67. The van der Waals surface area contributed by atoms with E-state index in [0.29, 0.717) is 6.42 Å². The molecule has 0 aliphatic carbocycles. The smallest absolute Gasteiger partial charge is 0.241 e. The SMILES string of the molecule is O=C(Nc1cccc(N2CCCC2=O)c1)C1CCCCN1. The van der Waals surface area contributed by atoms with Gasteiger partial charge in [0.25, 0.3) is 0 Å². The van der Waals surface area contributed by atoms with Crippen LogP contribution in [0, 0.1) is 0 Å². The Hall–Kier alpha value is -1.88. The number of carbonyl (C=O) groups is 2. The van der Waals surface area contributed by atoms with Gasteiger partial charge in [-0.05, 0) is 44.0 Å². The maximum Gasteiger partial charge on any atom is 0.241 e. The molecule has 21 heavy (non-hydrogen) atoms. The Bertz CT molecular complexity index is 538. The number of carbonyl (C=O) groups excluding carboxylic acids is 2. The Morgan fingerprint density at radius 1 is 1.29 bits per heavy atom. The molecule has 0 radical (unpaired) electrons. The monoisotopic (exact) mass is 287 g/mol. The van der Waals surface area contributed by atoms with Crippen molar-refractivity contribution in [2.75, 3.05) is 23.3 Å².